The number of benzene rings is 1. The van der Waals surface area contributed by atoms with Crippen LogP contribution in [0.3, 0.4) is 0 Å². The molecule has 0 aliphatic heterocycles. The van der Waals surface area contributed by atoms with Gasteiger partial charge in [0.2, 0.25) is 5.91 Å². The van der Waals surface area contributed by atoms with Crippen LogP contribution in [0.15, 0.2) is 41.0 Å². The van der Waals surface area contributed by atoms with Crippen LogP contribution >= 0.6 is 0 Å². The van der Waals surface area contributed by atoms with Crippen LogP contribution in [-0.2, 0) is 11.3 Å². The first-order valence-corrected chi connectivity index (χ1v) is 6.25. The number of carbonyl (C=O) groups is 1. The Balaban J connectivity index is 1.81. The number of aryl methyl sites for hydroxylation is 2. The van der Waals surface area contributed by atoms with Gasteiger partial charge in [-0.2, -0.15) is 0 Å². The highest BCUT2D eigenvalue weighted by Gasteiger charge is 2.04. The minimum Gasteiger partial charge on any atom is -0.467 e. The van der Waals surface area contributed by atoms with E-state index in [0.717, 1.165) is 17.0 Å². The number of nitrogens with one attached hydrogen (secondary N) is 2. The first-order chi connectivity index (χ1) is 9.15. The fourth-order valence-corrected chi connectivity index (χ4v) is 1.76. The summed E-state index contributed by atoms with van der Waals surface area (Å²) in [4.78, 5) is 11.7. The zero-order chi connectivity index (χ0) is 13.7. The van der Waals surface area contributed by atoms with E-state index < -0.39 is 0 Å². The van der Waals surface area contributed by atoms with Gasteiger partial charge >= 0.3 is 0 Å². The predicted molar refractivity (Wildman–Crippen MR) is 75.0 cm³/mol. The van der Waals surface area contributed by atoms with Crippen LogP contribution in [0.1, 0.15) is 16.9 Å². The SMILES string of the molecule is Cc1ccc(C)c(NCC(=O)NCc2ccco2)c1. The van der Waals surface area contributed by atoms with Crippen LogP contribution in [0.4, 0.5) is 5.69 Å². The van der Waals surface area contributed by atoms with Crippen LogP contribution in [0.25, 0.3) is 0 Å². The van der Waals surface area contributed by atoms with Crippen molar-refractivity contribution in [3.63, 3.8) is 0 Å². The zero-order valence-electron chi connectivity index (χ0n) is 11.2. The van der Waals surface area contributed by atoms with Crippen molar-refractivity contribution in [2.75, 3.05) is 11.9 Å². The third-order valence-electron chi connectivity index (χ3n) is 2.87. The van der Waals surface area contributed by atoms with Gasteiger partial charge in [-0.15, -0.1) is 0 Å². The maximum absolute atomic E-state index is 11.7. The molecule has 1 heterocycles. The number of amides is 1. The van der Waals surface area contributed by atoms with Crippen molar-refractivity contribution in [2.45, 2.75) is 20.4 Å². The van der Waals surface area contributed by atoms with E-state index in [9.17, 15) is 4.79 Å². The van der Waals surface area contributed by atoms with Gasteiger partial charge < -0.3 is 15.1 Å². The van der Waals surface area contributed by atoms with Gasteiger partial charge in [-0.3, -0.25) is 4.79 Å². The Kier molecular flexibility index (Phi) is 4.23. The standard InChI is InChI=1S/C15H18N2O2/c1-11-5-6-12(2)14(8-11)16-10-15(18)17-9-13-4-3-7-19-13/h3-8,16H,9-10H2,1-2H3,(H,17,18). The minimum atomic E-state index is -0.0580. The Labute approximate surface area is 112 Å². The molecule has 0 saturated heterocycles. The molecule has 1 amide bonds. The lowest BCUT2D eigenvalue weighted by molar-refractivity contribution is -0.119. The van der Waals surface area contributed by atoms with E-state index in [0.29, 0.717) is 6.54 Å². The van der Waals surface area contributed by atoms with E-state index in [4.69, 9.17) is 4.42 Å². The van der Waals surface area contributed by atoms with Crippen LogP contribution in [0, 0.1) is 13.8 Å². The zero-order valence-corrected chi connectivity index (χ0v) is 11.2. The smallest absolute Gasteiger partial charge is 0.239 e. The van der Waals surface area contributed by atoms with Crippen molar-refractivity contribution in [3.8, 4) is 0 Å². The molecule has 4 nitrogen and oxygen atoms in total. The van der Waals surface area contributed by atoms with Crippen molar-refractivity contribution >= 4 is 11.6 Å². The number of carbonyl (C=O) groups excluding carboxylic acids is 1. The Morgan fingerprint density at radius 3 is 2.84 bits per heavy atom. The molecule has 0 fully saturated rings. The van der Waals surface area contributed by atoms with Crippen LogP contribution in [0.2, 0.25) is 0 Å². The highest BCUT2D eigenvalue weighted by Crippen LogP contribution is 2.15. The van der Waals surface area contributed by atoms with Crippen LogP contribution in [-0.4, -0.2) is 12.5 Å². The van der Waals surface area contributed by atoms with Crippen molar-refractivity contribution in [2.24, 2.45) is 0 Å². The van der Waals surface area contributed by atoms with E-state index in [1.807, 2.05) is 32.0 Å². The van der Waals surface area contributed by atoms with Crippen molar-refractivity contribution < 1.29 is 9.21 Å². The molecule has 0 aliphatic rings. The highest BCUT2D eigenvalue weighted by atomic mass is 16.3. The van der Waals surface area contributed by atoms with Crippen molar-refractivity contribution in [1.29, 1.82) is 0 Å². The molecule has 1 aromatic carbocycles. The summed E-state index contributed by atoms with van der Waals surface area (Å²) in [5.41, 5.74) is 3.29. The van der Waals surface area contributed by atoms with Gasteiger partial charge in [0.25, 0.3) is 0 Å². The fourth-order valence-electron chi connectivity index (χ4n) is 1.76. The molecule has 0 atom stereocenters. The monoisotopic (exact) mass is 258 g/mol. The molecular formula is C15H18N2O2. The molecule has 0 saturated carbocycles. The first-order valence-electron chi connectivity index (χ1n) is 6.25. The number of furan rings is 1. The summed E-state index contributed by atoms with van der Waals surface area (Å²) in [6, 6.07) is 9.76. The highest BCUT2D eigenvalue weighted by molar-refractivity contribution is 5.80. The molecule has 19 heavy (non-hydrogen) atoms. The van der Waals surface area contributed by atoms with Gasteiger partial charge in [0.15, 0.2) is 0 Å². The van der Waals surface area contributed by atoms with Gasteiger partial charge in [-0.05, 0) is 43.2 Å². The summed E-state index contributed by atoms with van der Waals surface area (Å²) < 4.78 is 5.15. The molecular weight excluding hydrogens is 240 g/mol. The summed E-state index contributed by atoms with van der Waals surface area (Å²) in [6.07, 6.45) is 1.59. The average molecular weight is 258 g/mol. The van der Waals surface area contributed by atoms with E-state index in [1.54, 1.807) is 12.3 Å². The average Bonchev–Trinajstić information content (AvgIpc) is 2.90. The Morgan fingerprint density at radius 1 is 1.26 bits per heavy atom. The molecule has 1 aromatic heterocycles. The largest absolute Gasteiger partial charge is 0.467 e. The van der Waals surface area contributed by atoms with E-state index in [2.05, 4.69) is 16.7 Å². The van der Waals surface area contributed by atoms with E-state index in [1.165, 1.54) is 5.56 Å². The summed E-state index contributed by atoms with van der Waals surface area (Å²) in [6.45, 7) is 4.72. The number of anilines is 1. The lowest BCUT2D eigenvalue weighted by atomic mass is 10.1. The molecule has 0 unspecified atom stereocenters. The van der Waals surface area contributed by atoms with Gasteiger partial charge in [0.05, 0.1) is 19.4 Å². The summed E-state index contributed by atoms with van der Waals surface area (Å²) in [7, 11) is 0. The Bertz CT molecular complexity index is 547. The minimum absolute atomic E-state index is 0.0580. The molecule has 0 bridgehead atoms. The first kappa shape index (κ1) is 13.2. The summed E-state index contributed by atoms with van der Waals surface area (Å²) in [5.74, 6) is 0.692. The van der Waals surface area contributed by atoms with Gasteiger partial charge in [-0.1, -0.05) is 12.1 Å². The maximum atomic E-state index is 11.7. The molecule has 4 heteroatoms. The predicted octanol–water partition coefficient (Wildman–Crippen LogP) is 2.62. The van der Waals surface area contributed by atoms with Gasteiger partial charge in [-0.25, -0.2) is 0 Å². The molecule has 100 valence electrons. The molecule has 0 aliphatic carbocycles. The second-order valence-corrected chi connectivity index (χ2v) is 4.53. The quantitative estimate of drug-likeness (QED) is 0.866. The van der Waals surface area contributed by atoms with Crippen LogP contribution in [0.5, 0.6) is 0 Å². The Morgan fingerprint density at radius 2 is 2.11 bits per heavy atom. The van der Waals surface area contributed by atoms with Crippen molar-refractivity contribution in [3.05, 3.63) is 53.5 Å². The summed E-state index contributed by atoms with van der Waals surface area (Å²) >= 11 is 0. The van der Waals surface area contributed by atoms with Crippen LogP contribution < -0.4 is 10.6 Å². The van der Waals surface area contributed by atoms with E-state index in [-0.39, 0.29) is 12.5 Å². The number of hydrogen-bond acceptors (Lipinski definition) is 3. The summed E-state index contributed by atoms with van der Waals surface area (Å²) in [5, 5.41) is 5.94. The van der Waals surface area contributed by atoms with Gasteiger partial charge in [0, 0.05) is 5.69 Å². The molecule has 2 aromatic rings. The van der Waals surface area contributed by atoms with E-state index >= 15 is 0 Å². The second-order valence-electron chi connectivity index (χ2n) is 4.53. The number of rotatable bonds is 5. The topological polar surface area (TPSA) is 54.3 Å². The third kappa shape index (κ3) is 3.88. The van der Waals surface area contributed by atoms with Gasteiger partial charge in [0.1, 0.15) is 5.76 Å². The number of hydrogen-bond donors (Lipinski definition) is 2. The molecule has 0 radical (unpaired) electrons. The second kappa shape index (κ2) is 6.09. The fraction of sp³-hybridized carbons (Fsp3) is 0.267. The third-order valence-corrected chi connectivity index (χ3v) is 2.87. The molecule has 2 N–H and O–H groups in total. The van der Waals surface area contributed by atoms with Crippen molar-refractivity contribution in [1.82, 2.24) is 5.32 Å². The lowest BCUT2D eigenvalue weighted by Gasteiger charge is -2.10. The maximum Gasteiger partial charge on any atom is 0.239 e. The lowest BCUT2D eigenvalue weighted by Crippen LogP contribution is -2.29. The Hall–Kier alpha value is -2.23. The normalized spacial score (nSPS) is 10.2. The molecule has 0 spiro atoms. The molecule has 2 rings (SSSR count).